The monoisotopic (exact) mass is 502 g/mol. The third kappa shape index (κ3) is 4.78. The van der Waals surface area contributed by atoms with Crippen molar-refractivity contribution in [3.8, 4) is 5.75 Å². The van der Waals surface area contributed by atoms with Crippen molar-refractivity contribution in [2.24, 2.45) is 5.92 Å². The lowest BCUT2D eigenvalue weighted by Gasteiger charge is -2.21. The average molecular weight is 503 g/mol. The molecule has 0 spiro atoms. The van der Waals surface area contributed by atoms with Gasteiger partial charge in [-0.25, -0.2) is 17.6 Å². The Labute approximate surface area is 203 Å². The number of aliphatic hydroxyl groups is 1. The molecule has 2 fully saturated rings. The number of sulfonamides is 1. The highest BCUT2D eigenvalue weighted by Crippen LogP contribution is 2.55. The molecule has 186 valence electrons. The number of hydrogen-bond donors (Lipinski definition) is 3. The van der Waals surface area contributed by atoms with E-state index in [9.17, 15) is 27.8 Å². The summed E-state index contributed by atoms with van der Waals surface area (Å²) in [7, 11) is -4.25. The molecule has 35 heavy (non-hydrogen) atoms. The SMILES string of the molecule is CC1(O)CCN(CC=Cc2cc(F)ccc2S(=O)(=O)Nc2ccc3c(c2C(=O)O)OC[C@@H]2C[C@H]32)C1. The normalized spacial score (nSPS) is 25.7. The van der Waals surface area contributed by atoms with Crippen molar-refractivity contribution >= 4 is 27.8 Å². The Morgan fingerprint density at radius 3 is 2.86 bits per heavy atom. The first-order valence-electron chi connectivity index (χ1n) is 11.5. The van der Waals surface area contributed by atoms with Gasteiger partial charge in [0.05, 0.1) is 22.8 Å². The topological polar surface area (TPSA) is 116 Å². The van der Waals surface area contributed by atoms with E-state index in [1.165, 1.54) is 12.1 Å². The fraction of sp³-hybridized carbons (Fsp3) is 0.400. The molecule has 3 N–H and O–H groups in total. The zero-order chi connectivity index (χ0) is 25.0. The standard InChI is InChI=1S/C25H27FN2O6S/c1-25(31)8-10-28(14-25)9-2-3-15-11-17(26)4-7-21(15)35(32,33)27-20-6-5-18-19-12-16(19)13-34-23(18)22(20)24(29)30/h2-7,11,16,19,27,31H,8-10,12-14H2,1H3,(H,29,30)/t16-,19-,25?/m0/s1. The van der Waals surface area contributed by atoms with Crippen molar-refractivity contribution in [2.75, 3.05) is 31.0 Å². The highest BCUT2D eigenvalue weighted by Gasteiger charge is 2.45. The van der Waals surface area contributed by atoms with Crippen LogP contribution in [0.15, 0.2) is 41.3 Å². The molecule has 0 bridgehead atoms. The lowest BCUT2D eigenvalue weighted by Crippen LogP contribution is -2.29. The summed E-state index contributed by atoms with van der Waals surface area (Å²) in [5.74, 6) is -1.06. The minimum Gasteiger partial charge on any atom is -0.492 e. The van der Waals surface area contributed by atoms with E-state index in [0.717, 1.165) is 30.2 Å². The first kappa shape index (κ1) is 23.8. The number of anilines is 1. The maximum absolute atomic E-state index is 14.0. The van der Waals surface area contributed by atoms with Crippen LogP contribution in [0.1, 0.15) is 47.2 Å². The third-order valence-electron chi connectivity index (χ3n) is 6.86. The number of carboxylic acids is 1. The van der Waals surface area contributed by atoms with E-state index in [1.54, 1.807) is 19.1 Å². The highest BCUT2D eigenvalue weighted by atomic mass is 32.2. The summed E-state index contributed by atoms with van der Waals surface area (Å²) in [5, 5.41) is 19.9. The van der Waals surface area contributed by atoms with Crippen LogP contribution in [-0.2, 0) is 10.0 Å². The molecule has 1 aliphatic carbocycles. The minimum absolute atomic E-state index is 0.103. The van der Waals surface area contributed by atoms with Gasteiger partial charge < -0.3 is 14.9 Å². The Hall–Kier alpha value is -2.95. The molecule has 2 aromatic carbocycles. The van der Waals surface area contributed by atoms with Crippen molar-refractivity contribution in [1.82, 2.24) is 4.90 Å². The van der Waals surface area contributed by atoms with Gasteiger partial charge in [-0.05, 0) is 61.1 Å². The fourth-order valence-electron chi connectivity index (χ4n) is 4.96. The molecule has 0 amide bonds. The van der Waals surface area contributed by atoms with E-state index in [1.807, 2.05) is 4.90 Å². The number of β-amino-alcohol motifs (C(OH)–C–C–N with tert-alkyl or cyclic N) is 1. The summed E-state index contributed by atoms with van der Waals surface area (Å²) in [6.45, 7) is 3.83. The molecule has 2 aliphatic heterocycles. The fourth-order valence-corrected chi connectivity index (χ4v) is 6.22. The number of rotatable bonds is 7. The van der Waals surface area contributed by atoms with Crippen LogP contribution in [0.5, 0.6) is 5.75 Å². The molecule has 1 saturated heterocycles. The second-order valence-corrected chi connectivity index (χ2v) is 11.4. The van der Waals surface area contributed by atoms with Crippen LogP contribution in [-0.4, -0.2) is 61.3 Å². The van der Waals surface area contributed by atoms with Gasteiger partial charge in [0.25, 0.3) is 10.0 Å². The van der Waals surface area contributed by atoms with E-state index >= 15 is 0 Å². The van der Waals surface area contributed by atoms with Crippen molar-refractivity contribution in [3.63, 3.8) is 0 Å². The molecule has 0 aromatic heterocycles. The minimum atomic E-state index is -4.25. The van der Waals surface area contributed by atoms with Crippen molar-refractivity contribution in [3.05, 3.63) is 58.9 Å². The maximum Gasteiger partial charge on any atom is 0.341 e. The summed E-state index contributed by atoms with van der Waals surface area (Å²) < 4.78 is 48.7. The highest BCUT2D eigenvalue weighted by molar-refractivity contribution is 7.92. The third-order valence-corrected chi connectivity index (χ3v) is 8.30. The summed E-state index contributed by atoms with van der Waals surface area (Å²) in [6.07, 6.45) is 4.81. The van der Waals surface area contributed by atoms with Gasteiger partial charge in [-0.3, -0.25) is 9.62 Å². The molecular formula is C25H27FN2O6S. The summed E-state index contributed by atoms with van der Waals surface area (Å²) in [4.78, 5) is 13.9. The molecule has 8 nitrogen and oxygen atoms in total. The number of ether oxygens (including phenoxy) is 1. The number of aromatic carboxylic acids is 1. The first-order valence-corrected chi connectivity index (χ1v) is 13.0. The number of carbonyl (C=O) groups is 1. The predicted molar refractivity (Wildman–Crippen MR) is 128 cm³/mol. The maximum atomic E-state index is 14.0. The van der Waals surface area contributed by atoms with Gasteiger partial charge in [0, 0.05) is 25.6 Å². The second kappa shape index (κ2) is 8.61. The molecular weight excluding hydrogens is 475 g/mol. The van der Waals surface area contributed by atoms with Crippen molar-refractivity contribution in [1.29, 1.82) is 0 Å². The van der Waals surface area contributed by atoms with Gasteiger partial charge >= 0.3 is 5.97 Å². The molecule has 3 atom stereocenters. The van der Waals surface area contributed by atoms with Crippen LogP contribution in [0.25, 0.3) is 6.08 Å². The van der Waals surface area contributed by atoms with E-state index in [4.69, 9.17) is 4.74 Å². The number of halogens is 1. The van der Waals surface area contributed by atoms with Crippen LogP contribution in [0.3, 0.4) is 0 Å². The summed E-state index contributed by atoms with van der Waals surface area (Å²) >= 11 is 0. The second-order valence-electron chi connectivity index (χ2n) is 9.80. The number of hydrogen-bond acceptors (Lipinski definition) is 6. The van der Waals surface area contributed by atoms with Gasteiger partial charge in [0.2, 0.25) is 0 Å². The smallest absolute Gasteiger partial charge is 0.341 e. The molecule has 2 aromatic rings. The Bertz CT molecular complexity index is 1320. The number of nitrogens with one attached hydrogen (secondary N) is 1. The largest absolute Gasteiger partial charge is 0.492 e. The molecule has 5 rings (SSSR count). The van der Waals surface area contributed by atoms with Crippen LogP contribution in [0, 0.1) is 11.7 Å². The van der Waals surface area contributed by atoms with Gasteiger partial charge in [-0.2, -0.15) is 0 Å². The van der Waals surface area contributed by atoms with Gasteiger partial charge in [-0.1, -0.05) is 18.2 Å². The Kier molecular flexibility index (Phi) is 5.85. The van der Waals surface area contributed by atoms with Crippen LogP contribution < -0.4 is 9.46 Å². The van der Waals surface area contributed by atoms with Crippen LogP contribution >= 0.6 is 0 Å². The number of likely N-dealkylation sites (tertiary alicyclic amines) is 1. The van der Waals surface area contributed by atoms with Crippen molar-refractivity contribution < 1.29 is 32.6 Å². The molecule has 1 unspecified atom stereocenters. The van der Waals surface area contributed by atoms with Crippen molar-refractivity contribution in [2.45, 2.75) is 36.2 Å². The predicted octanol–water partition coefficient (Wildman–Crippen LogP) is 3.29. The molecule has 2 heterocycles. The van der Waals surface area contributed by atoms with Gasteiger partial charge in [0.15, 0.2) is 0 Å². The molecule has 3 aliphatic rings. The zero-order valence-electron chi connectivity index (χ0n) is 19.2. The number of fused-ring (bicyclic) bond motifs is 3. The Morgan fingerprint density at radius 2 is 2.14 bits per heavy atom. The number of benzene rings is 2. The molecule has 0 radical (unpaired) electrons. The summed E-state index contributed by atoms with van der Waals surface area (Å²) in [6, 6.07) is 6.47. The summed E-state index contributed by atoms with van der Waals surface area (Å²) in [5.41, 5.74) is -0.166. The van der Waals surface area contributed by atoms with Gasteiger partial charge in [-0.15, -0.1) is 0 Å². The van der Waals surface area contributed by atoms with Gasteiger partial charge in [0.1, 0.15) is 17.1 Å². The van der Waals surface area contributed by atoms with Crippen LogP contribution in [0.4, 0.5) is 10.1 Å². The van der Waals surface area contributed by atoms with Crippen LogP contribution in [0.2, 0.25) is 0 Å². The first-order chi connectivity index (χ1) is 16.5. The van der Waals surface area contributed by atoms with E-state index in [0.29, 0.717) is 38.6 Å². The Morgan fingerprint density at radius 1 is 1.34 bits per heavy atom. The van der Waals surface area contributed by atoms with E-state index in [-0.39, 0.29) is 33.4 Å². The number of nitrogens with zero attached hydrogens (tertiary/aromatic N) is 1. The average Bonchev–Trinajstić information content (AvgIpc) is 3.49. The Balaban J connectivity index is 1.43. The molecule has 1 saturated carbocycles. The zero-order valence-corrected chi connectivity index (χ0v) is 20.0. The van der Waals surface area contributed by atoms with E-state index < -0.39 is 27.4 Å². The lowest BCUT2D eigenvalue weighted by molar-refractivity contribution is 0.0688. The molecule has 10 heteroatoms. The van der Waals surface area contributed by atoms with E-state index in [2.05, 4.69) is 4.72 Å². The number of carboxylic acid groups (broad SMARTS) is 1. The quantitative estimate of drug-likeness (QED) is 0.532. The lowest BCUT2D eigenvalue weighted by atomic mass is 10.0.